The van der Waals surface area contributed by atoms with E-state index >= 15 is 0 Å². The molecule has 0 aliphatic carbocycles. The molecule has 2 rings (SSSR count). The largest absolute Gasteiger partial charge is 0.370 e. The Morgan fingerprint density at radius 2 is 2.16 bits per heavy atom. The van der Waals surface area contributed by atoms with Gasteiger partial charge in [0, 0.05) is 19.0 Å². The molecule has 3 heteroatoms. The maximum atomic E-state index is 9.30. The minimum absolute atomic E-state index is 0.331. The number of halogens is 1. The second-order valence-electron chi connectivity index (χ2n) is 6.39. The van der Waals surface area contributed by atoms with Crippen LogP contribution in [0.5, 0.6) is 0 Å². The molecule has 102 valence electrons. The number of nitriles is 1. The van der Waals surface area contributed by atoms with Crippen molar-refractivity contribution in [3.05, 3.63) is 29.3 Å². The van der Waals surface area contributed by atoms with Crippen LogP contribution >= 0.6 is 11.6 Å². The van der Waals surface area contributed by atoms with Gasteiger partial charge >= 0.3 is 0 Å². The standard InChI is InChI=1S/C16H21ClN2/c1-16(2,3)14-6-7-19(11-14)15-5-4-12(9-17)8-13(15)10-18/h4-5,8,14H,6-7,9,11H2,1-3H3. The lowest BCUT2D eigenvalue weighted by molar-refractivity contribution is 0.263. The van der Waals surface area contributed by atoms with Crippen LogP contribution in [0.15, 0.2) is 18.2 Å². The molecule has 19 heavy (non-hydrogen) atoms. The summed E-state index contributed by atoms with van der Waals surface area (Å²) in [5, 5.41) is 9.30. The van der Waals surface area contributed by atoms with E-state index in [4.69, 9.17) is 11.6 Å². The Hall–Kier alpha value is -1.20. The molecule has 1 aliphatic heterocycles. The number of hydrogen-bond donors (Lipinski definition) is 0. The monoisotopic (exact) mass is 276 g/mol. The highest BCUT2D eigenvalue weighted by molar-refractivity contribution is 6.17. The third-order valence-corrected chi connectivity index (χ3v) is 4.40. The van der Waals surface area contributed by atoms with Gasteiger partial charge in [-0.1, -0.05) is 26.8 Å². The number of alkyl halides is 1. The molecule has 0 amide bonds. The van der Waals surface area contributed by atoms with Crippen molar-refractivity contribution in [2.24, 2.45) is 11.3 Å². The lowest BCUT2D eigenvalue weighted by Gasteiger charge is -2.27. The van der Waals surface area contributed by atoms with Crippen LogP contribution in [0.3, 0.4) is 0 Å². The first-order valence-electron chi connectivity index (χ1n) is 6.79. The Labute approximate surface area is 121 Å². The van der Waals surface area contributed by atoms with Crippen molar-refractivity contribution >= 4 is 17.3 Å². The van der Waals surface area contributed by atoms with Gasteiger partial charge < -0.3 is 4.90 Å². The van der Waals surface area contributed by atoms with Gasteiger partial charge in [0.1, 0.15) is 6.07 Å². The van der Waals surface area contributed by atoms with Crippen LogP contribution in [0.1, 0.15) is 38.3 Å². The molecular formula is C16H21ClN2. The molecule has 1 heterocycles. The highest BCUT2D eigenvalue weighted by Crippen LogP contribution is 2.36. The SMILES string of the molecule is CC(C)(C)C1CCN(c2ccc(CCl)cc2C#N)C1. The second-order valence-corrected chi connectivity index (χ2v) is 6.66. The zero-order valence-electron chi connectivity index (χ0n) is 11.9. The van der Waals surface area contributed by atoms with Gasteiger partial charge in [-0.3, -0.25) is 0 Å². The van der Waals surface area contributed by atoms with Gasteiger partial charge in [-0.2, -0.15) is 5.26 Å². The molecule has 0 aromatic heterocycles. The molecular weight excluding hydrogens is 256 g/mol. The van der Waals surface area contributed by atoms with Crippen LogP contribution in [0.25, 0.3) is 0 Å². The predicted octanol–water partition coefficient (Wildman–Crippen LogP) is 4.17. The average Bonchev–Trinajstić information content (AvgIpc) is 2.87. The fourth-order valence-corrected chi connectivity index (χ4v) is 2.88. The van der Waals surface area contributed by atoms with Gasteiger partial charge in [0.05, 0.1) is 11.3 Å². The highest BCUT2D eigenvalue weighted by Gasteiger charge is 2.32. The number of benzene rings is 1. The van der Waals surface area contributed by atoms with Crippen LogP contribution in [0, 0.1) is 22.7 Å². The summed E-state index contributed by atoms with van der Waals surface area (Å²) in [6.45, 7) is 8.96. The Bertz CT molecular complexity index is 496. The summed E-state index contributed by atoms with van der Waals surface area (Å²) in [5.74, 6) is 1.14. The molecule has 1 aromatic rings. The molecule has 0 bridgehead atoms. The van der Waals surface area contributed by atoms with Gasteiger partial charge in [0.25, 0.3) is 0 Å². The molecule has 1 aliphatic rings. The number of anilines is 1. The molecule has 1 atom stereocenters. The maximum Gasteiger partial charge on any atom is 0.101 e. The van der Waals surface area contributed by atoms with Gasteiger partial charge in [-0.15, -0.1) is 11.6 Å². The summed E-state index contributed by atoms with van der Waals surface area (Å²) in [7, 11) is 0. The first-order chi connectivity index (χ1) is 8.95. The zero-order valence-corrected chi connectivity index (χ0v) is 12.7. The van der Waals surface area contributed by atoms with Crippen molar-refractivity contribution in [1.82, 2.24) is 0 Å². The van der Waals surface area contributed by atoms with Crippen LogP contribution in [-0.4, -0.2) is 13.1 Å². The third kappa shape index (κ3) is 3.04. The lowest BCUT2D eigenvalue weighted by atomic mass is 9.80. The normalized spacial score (nSPS) is 19.5. The molecule has 1 unspecified atom stereocenters. The third-order valence-electron chi connectivity index (χ3n) is 4.09. The molecule has 1 saturated heterocycles. The minimum atomic E-state index is 0.331. The van der Waals surface area contributed by atoms with Crippen molar-refractivity contribution in [3.63, 3.8) is 0 Å². The Balaban J connectivity index is 2.23. The van der Waals surface area contributed by atoms with E-state index in [1.165, 1.54) is 6.42 Å². The van der Waals surface area contributed by atoms with Crippen molar-refractivity contribution in [2.75, 3.05) is 18.0 Å². The molecule has 0 spiro atoms. The highest BCUT2D eigenvalue weighted by atomic mass is 35.5. The van der Waals surface area contributed by atoms with Crippen molar-refractivity contribution in [3.8, 4) is 6.07 Å². The van der Waals surface area contributed by atoms with Gasteiger partial charge in [0.15, 0.2) is 0 Å². The molecule has 0 saturated carbocycles. The van der Waals surface area contributed by atoms with Gasteiger partial charge in [-0.05, 0) is 35.4 Å². The molecule has 1 aromatic carbocycles. The Morgan fingerprint density at radius 1 is 1.42 bits per heavy atom. The lowest BCUT2D eigenvalue weighted by Crippen LogP contribution is -2.26. The van der Waals surface area contributed by atoms with E-state index in [0.29, 0.717) is 17.2 Å². The fourth-order valence-electron chi connectivity index (χ4n) is 2.72. The Kier molecular flexibility index (Phi) is 4.06. The summed E-state index contributed by atoms with van der Waals surface area (Å²) in [6.07, 6.45) is 1.20. The Morgan fingerprint density at radius 3 is 2.68 bits per heavy atom. The summed E-state index contributed by atoms with van der Waals surface area (Å²) in [5.41, 5.74) is 3.14. The van der Waals surface area contributed by atoms with E-state index in [9.17, 15) is 5.26 Å². The first-order valence-corrected chi connectivity index (χ1v) is 7.33. The van der Waals surface area contributed by atoms with Crippen LogP contribution in [0.2, 0.25) is 0 Å². The quantitative estimate of drug-likeness (QED) is 0.758. The number of nitrogens with zero attached hydrogens (tertiary/aromatic N) is 2. The zero-order chi connectivity index (χ0) is 14.0. The maximum absolute atomic E-state index is 9.30. The van der Waals surface area contributed by atoms with E-state index in [1.54, 1.807) is 0 Å². The minimum Gasteiger partial charge on any atom is -0.370 e. The summed E-state index contributed by atoms with van der Waals surface area (Å²) in [6, 6.07) is 8.27. The van der Waals surface area contributed by atoms with E-state index < -0.39 is 0 Å². The van der Waals surface area contributed by atoms with E-state index in [2.05, 4.69) is 31.7 Å². The van der Waals surface area contributed by atoms with Crippen LogP contribution in [-0.2, 0) is 5.88 Å². The van der Waals surface area contributed by atoms with Crippen molar-refractivity contribution in [1.29, 1.82) is 5.26 Å². The molecule has 0 N–H and O–H groups in total. The summed E-state index contributed by atoms with van der Waals surface area (Å²) < 4.78 is 0. The number of hydrogen-bond acceptors (Lipinski definition) is 2. The molecule has 2 nitrogen and oxygen atoms in total. The second kappa shape index (κ2) is 5.43. The van der Waals surface area contributed by atoms with E-state index in [0.717, 1.165) is 29.9 Å². The van der Waals surface area contributed by atoms with E-state index in [1.807, 2.05) is 18.2 Å². The van der Waals surface area contributed by atoms with Crippen molar-refractivity contribution in [2.45, 2.75) is 33.1 Å². The van der Waals surface area contributed by atoms with Crippen molar-refractivity contribution < 1.29 is 0 Å². The predicted molar refractivity (Wildman–Crippen MR) is 80.5 cm³/mol. The van der Waals surface area contributed by atoms with Crippen LogP contribution < -0.4 is 4.90 Å². The topological polar surface area (TPSA) is 27.0 Å². The van der Waals surface area contributed by atoms with Gasteiger partial charge in [-0.25, -0.2) is 0 Å². The first kappa shape index (κ1) is 14.2. The molecule has 1 fully saturated rings. The summed E-state index contributed by atoms with van der Waals surface area (Å²) in [4.78, 5) is 2.34. The fraction of sp³-hybridized carbons (Fsp3) is 0.562. The van der Waals surface area contributed by atoms with Crippen LogP contribution in [0.4, 0.5) is 5.69 Å². The molecule has 0 radical (unpaired) electrons. The average molecular weight is 277 g/mol. The summed E-state index contributed by atoms with van der Waals surface area (Å²) >= 11 is 5.83. The van der Waals surface area contributed by atoms with E-state index in [-0.39, 0.29) is 0 Å². The van der Waals surface area contributed by atoms with Gasteiger partial charge in [0.2, 0.25) is 0 Å². The number of rotatable bonds is 2. The smallest absolute Gasteiger partial charge is 0.101 e.